The average Bonchev–Trinajstić information content (AvgIpc) is 2.65. The van der Waals surface area contributed by atoms with Crippen LogP contribution in [-0.2, 0) is 0 Å². The molecule has 0 saturated carbocycles. The third-order valence-electron chi connectivity index (χ3n) is 2.84. The standard InChI is InChI=1S/C12H20ClNO/c1-4-9(5-2)12(14-6-3)10-7-8-11(13)15-10/h7-9,12,14H,4-6H2,1-3H3. The van der Waals surface area contributed by atoms with Crippen LogP contribution in [0.3, 0.4) is 0 Å². The summed E-state index contributed by atoms with van der Waals surface area (Å²) in [4.78, 5) is 0. The van der Waals surface area contributed by atoms with Gasteiger partial charge in [0.15, 0.2) is 5.22 Å². The van der Waals surface area contributed by atoms with E-state index in [2.05, 4.69) is 26.1 Å². The van der Waals surface area contributed by atoms with Crippen LogP contribution in [0, 0.1) is 5.92 Å². The number of rotatable bonds is 6. The molecule has 0 bridgehead atoms. The topological polar surface area (TPSA) is 25.2 Å². The lowest BCUT2D eigenvalue weighted by Crippen LogP contribution is -2.27. The predicted molar refractivity (Wildman–Crippen MR) is 64.2 cm³/mol. The van der Waals surface area contributed by atoms with Crippen LogP contribution in [0.15, 0.2) is 16.5 Å². The van der Waals surface area contributed by atoms with Crippen LogP contribution in [0.5, 0.6) is 0 Å². The molecule has 0 spiro atoms. The first-order valence-corrected chi connectivity index (χ1v) is 6.09. The summed E-state index contributed by atoms with van der Waals surface area (Å²) in [6.45, 7) is 7.48. The molecule has 3 heteroatoms. The van der Waals surface area contributed by atoms with Crippen LogP contribution in [0.1, 0.15) is 45.4 Å². The molecule has 2 nitrogen and oxygen atoms in total. The predicted octanol–water partition coefficient (Wildman–Crippen LogP) is 4.02. The van der Waals surface area contributed by atoms with E-state index in [0.29, 0.717) is 11.1 Å². The van der Waals surface area contributed by atoms with Crippen LogP contribution in [0.25, 0.3) is 0 Å². The van der Waals surface area contributed by atoms with Crippen molar-refractivity contribution in [2.75, 3.05) is 6.54 Å². The molecule has 1 rings (SSSR count). The Hall–Kier alpha value is -0.470. The zero-order chi connectivity index (χ0) is 11.3. The first-order valence-electron chi connectivity index (χ1n) is 5.71. The third-order valence-corrected chi connectivity index (χ3v) is 3.05. The summed E-state index contributed by atoms with van der Waals surface area (Å²) in [5.41, 5.74) is 0. The van der Waals surface area contributed by atoms with Gasteiger partial charge in [-0.05, 0) is 36.2 Å². The second-order valence-corrected chi connectivity index (χ2v) is 4.13. The molecule has 86 valence electrons. The summed E-state index contributed by atoms with van der Waals surface area (Å²) in [5, 5.41) is 3.93. The van der Waals surface area contributed by atoms with Gasteiger partial charge in [0.2, 0.25) is 0 Å². The number of halogens is 1. The molecule has 0 aliphatic carbocycles. The van der Waals surface area contributed by atoms with Crippen LogP contribution in [0.4, 0.5) is 0 Å². The largest absolute Gasteiger partial charge is 0.448 e. The highest BCUT2D eigenvalue weighted by Crippen LogP contribution is 2.29. The van der Waals surface area contributed by atoms with Gasteiger partial charge in [0, 0.05) is 0 Å². The Kier molecular flexibility index (Phi) is 5.20. The lowest BCUT2D eigenvalue weighted by Gasteiger charge is -2.24. The van der Waals surface area contributed by atoms with E-state index >= 15 is 0 Å². The lowest BCUT2D eigenvalue weighted by molar-refractivity contribution is 0.299. The Balaban J connectivity index is 2.81. The highest BCUT2D eigenvalue weighted by atomic mass is 35.5. The molecule has 1 heterocycles. The smallest absolute Gasteiger partial charge is 0.193 e. The molecule has 0 aliphatic heterocycles. The summed E-state index contributed by atoms with van der Waals surface area (Å²) < 4.78 is 5.49. The Bertz CT molecular complexity index is 281. The fraction of sp³-hybridized carbons (Fsp3) is 0.667. The quantitative estimate of drug-likeness (QED) is 0.797. The zero-order valence-electron chi connectivity index (χ0n) is 9.72. The SMILES string of the molecule is CCNC(c1ccc(Cl)o1)C(CC)CC. The van der Waals surface area contributed by atoms with Gasteiger partial charge in [-0.2, -0.15) is 0 Å². The normalized spacial score (nSPS) is 13.4. The van der Waals surface area contributed by atoms with Gasteiger partial charge in [0.1, 0.15) is 5.76 Å². The Labute approximate surface area is 97.0 Å². The molecule has 15 heavy (non-hydrogen) atoms. The minimum Gasteiger partial charge on any atom is -0.448 e. The second kappa shape index (κ2) is 6.19. The van der Waals surface area contributed by atoms with E-state index in [9.17, 15) is 0 Å². The molecule has 0 radical (unpaired) electrons. The maximum absolute atomic E-state index is 5.80. The van der Waals surface area contributed by atoms with Crippen molar-refractivity contribution >= 4 is 11.6 Å². The van der Waals surface area contributed by atoms with Crippen molar-refractivity contribution in [2.45, 2.75) is 39.7 Å². The molecule has 1 aromatic rings. The van der Waals surface area contributed by atoms with E-state index in [1.54, 1.807) is 0 Å². The summed E-state index contributed by atoms with van der Waals surface area (Å²) in [5.74, 6) is 1.56. The van der Waals surface area contributed by atoms with E-state index in [0.717, 1.165) is 25.1 Å². The van der Waals surface area contributed by atoms with E-state index in [-0.39, 0.29) is 6.04 Å². The molecule has 0 amide bonds. The Morgan fingerprint density at radius 1 is 1.27 bits per heavy atom. The van der Waals surface area contributed by atoms with E-state index < -0.39 is 0 Å². The minimum atomic E-state index is 0.289. The van der Waals surface area contributed by atoms with Gasteiger partial charge in [-0.15, -0.1) is 0 Å². The molecule has 0 fully saturated rings. The van der Waals surface area contributed by atoms with E-state index in [4.69, 9.17) is 16.0 Å². The molecule has 0 aromatic carbocycles. The van der Waals surface area contributed by atoms with Gasteiger partial charge in [-0.25, -0.2) is 0 Å². The number of nitrogens with one attached hydrogen (secondary N) is 1. The second-order valence-electron chi connectivity index (χ2n) is 3.75. The maximum Gasteiger partial charge on any atom is 0.193 e. The first kappa shape index (κ1) is 12.6. The van der Waals surface area contributed by atoms with Gasteiger partial charge in [-0.1, -0.05) is 33.6 Å². The molecule has 1 N–H and O–H groups in total. The average molecular weight is 230 g/mol. The van der Waals surface area contributed by atoms with Crippen LogP contribution < -0.4 is 5.32 Å². The fourth-order valence-electron chi connectivity index (χ4n) is 1.97. The van der Waals surface area contributed by atoms with Crippen molar-refractivity contribution in [3.05, 3.63) is 23.1 Å². The van der Waals surface area contributed by atoms with Gasteiger partial charge < -0.3 is 9.73 Å². The molecule has 1 atom stereocenters. The highest BCUT2D eigenvalue weighted by molar-refractivity contribution is 6.28. The van der Waals surface area contributed by atoms with E-state index in [1.807, 2.05) is 12.1 Å². The van der Waals surface area contributed by atoms with Gasteiger partial charge in [0.25, 0.3) is 0 Å². The van der Waals surface area contributed by atoms with Gasteiger partial charge in [-0.3, -0.25) is 0 Å². The van der Waals surface area contributed by atoms with Crippen LogP contribution in [-0.4, -0.2) is 6.54 Å². The minimum absolute atomic E-state index is 0.289. The van der Waals surface area contributed by atoms with Crippen molar-refractivity contribution < 1.29 is 4.42 Å². The van der Waals surface area contributed by atoms with Gasteiger partial charge in [0.05, 0.1) is 6.04 Å². The molecule has 0 aliphatic rings. The molecule has 1 unspecified atom stereocenters. The Morgan fingerprint density at radius 2 is 1.93 bits per heavy atom. The van der Waals surface area contributed by atoms with E-state index in [1.165, 1.54) is 0 Å². The van der Waals surface area contributed by atoms with Crippen LogP contribution >= 0.6 is 11.6 Å². The third kappa shape index (κ3) is 3.25. The zero-order valence-corrected chi connectivity index (χ0v) is 10.5. The summed E-state index contributed by atoms with van der Waals surface area (Å²) in [6, 6.07) is 4.06. The Morgan fingerprint density at radius 3 is 2.33 bits per heavy atom. The summed E-state index contributed by atoms with van der Waals surface area (Å²) in [7, 11) is 0. The lowest BCUT2D eigenvalue weighted by atomic mass is 9.92. The number of furan rings is 1. The van der Waals surface area contributed by atoms with Crippen molar-refractivity contribution in [3.8, 4) is 0 Å². The molecular weight excluding hydrogens is 210 g/mol. The van der Waals surface area contributed by atoms with Crippen molar-refractivity contribution in [3.63, 3.8) is 0 Å². The van der Waals surface area contributed by atoms with Crippen molar-refractivity contribution in [2.24, 2.45) is 5.92 Å². The van der Waals surface area contributed by atoms with Crippen molar-refractivity contribution in [1.29, 1.82) is 0 Å². The van der Waals surface area contributed by atoms with Gasteiger partial charge >= 0.3 is 0 Å². The van der Waals surface area contributed by atoms with Crippen molar-refractivity contribution in [1.82, 2.24) is 5.32 Å². The summed E-state index contributed by atoms with van der Waals surface area (Å²) in [6.07, 6.45) is 2.29. The molecular formula is C12H20ClNO. The van der Waals surface area contributed by atoms with Crippen LogP contribution in [0.2, 0.25) is 5.22 Å². The fourth-order valence-corrected chi connectivity index (χ4v) is 2.13. The monoisotopic (exact) mass is 229 g/mol. The maximum atomic E-state index is 5.80. The number of hydrogen-bond acceptors (Lipinski definition) is 2. The number of hydrogen-bond donors (Lipinski definition) is 1. The molecule has 0 saturated heterocycles. The first-order chi connectivity index (χ1) is 7.22. The highest BCUT2D eigenvalue weighted by Gasteiger charge is 2.22. The summed E-state index contributed by atoms with van der Waals surface area (Å²) >= 11 is 5.80. The molecule has 1 aromatic heterocycles.